The summed E-state index contributed by atoms with van der Waals surface area (Å²) in [5, 5.41) is 0. The SMILES string of the molecule is Cc1ccc2c(c1)[C@H]1[C@H](CCN1Cc1ccccc1)CO2. The second kappa shape index (κ2) is 5.19. The van der Waals surface area contributed by atoms with Gasteiger partial charge in [0.15, 0.2) is 0 Å². The van der Waals surface area contributed by atoms with Crippen LogP contribution in [0.3, 0.4) is 0 Å². The van der Waals surface area contributed by atoms with Crippen LogP contribution in [-0.2, 0) is 6.54 Å². The molecule has 2 atom stereocenters. The van der Waals surface area contributed by atoms with Gasteiger partial charge in [0.05, 0.1) is 6.61 Å². The van der Waals surface area contributed by atoms with Crippen molar-refractivity contribution in [3.05, 3.63) is 65.2 Å². The minimum atomic E-state index is 0.522. The Balaban J connectivity index is 1.66. The molecule has 1 saturated heterocycles. The molecule has 0 aromatic heterocycles. The number of ether oxygens (including phenoxy) is 1. The maximum Gasteiger partial charge on any atom is 0.124 e. The van der Waals surface area contributed by atoms with Crippen molar-refractivity contribution in [2.24, 2.45) is 5.92 Å². The lowest BCUT2D eigenvalue weighted by atomic mass is 9.90. The van der Waals surface area contributed by atoms with E-state index < -0.39 is 0 Å². The molecule has 0 amide bonds. The molecule has 2 nitrogen and oxygen atoms in total. The largest absolute Gasteiger partial charge is 0.493 e. The van der Waals surface area contributed by atoms with Gasteiger partial charge in [-0.1, -0.05) is 48.0 Å². The zero-order chi connectivity index (χ0) is 14.2. The summed E-state index contributed by atoms with van der Waals surface area (Å²) in [4.78, 5) is 2.63. The van der Waals surface area contributed by atoms with Crippen molar-refractivity contribution in [3.63, 3.8) is 0 Å². The highest BCUT2D eigenvalue weighted by Crippen LogP contribution is 2.45. The Morgan fingerprint density at radius 2 is 2.00 bits per heavy atom. The van der Waals surface area contributed by atoms with E-state index in [4.69, 9.17) is 4.74 Å². The van der Waals surface area contributed by atoms with Crippen molar-refractivity contribution in [1.29, 1.82) is 0 Å². The number of likely N-dealkylation sites (tertiary alicyclic amines) is 1. The van der Waals surface area contributed by atoms with E-state index in [1.54, 1.807) is 0 Å². The summed E-state index contributed by atoms with van der Waals surface area (Å²) < 4.78 is 5.96. The van der Waals surface area contributed by atoms with Gasteiger partial charge in [0.1, 0.15) is 5.75 Å². The number of hydrogen-bond donors (Lipinski definition) is 0. The Kier molecular flexibility index (Phi) is 3.19. The number of rotatable bonds is 2. The van der Waals surface area contributed by atoms with Gasteiger partial charge in [0.2, 0.25) is 0 Å². The quantitative estimate of drug-likeness (QED) is 0.825. The van der Waals surface area contributed by atoms with Gasteiger partial charge in [0, 0.05) is 24.1 Å². The van der Waals surface area contributed by atoms with Crippen LogP contribution in [0.5, 0.6) is 5.75 Å². The number of hydrogen-bond acceptors (Lipinski definition) is 2. The summed E-state index contributed by atoms with van der Waals surface area (Å²) in [6, 6.07) is 17.9. The summed E-state index contributed by atoms with van der Waals surface area (Å²) in [6.07, 6.45) is 1.24. The molecular weight excluding hydrogens is 258 g/mol. The summed E-state index contributed by atoms with van der Waals surface area (Å²) in [5.74, 6) is 1.73. The standard InChI is InChI=1S/C19H21NO/c1-14-7-8-18-17(11-14)19-16(13-21-18)9-10-20(19)12-15-5-3-2-4-6-15/h2-8,11,16,19H,9-10,12-13H2,1H3/t16-,19-/m1/s1. The average molecular weight is 279 g/mol. The molecule has 0 radical (unpaired) electrons. The van der Waals surface area contributed by atoms with Gasteiger partial charge in [-0.2, -0.15) is 0 Å². The summed E-state index contributed by atoms with van der Waals surface area (Å²) in [6.45, 7) is 5.24. The van der Waals surface area contributed by atoms with Gasteiger partial charge in [-0.25, -0.2) is 0 Å². The lowest BCUT2D eigenvalue weighted by Gasteiger charge is -2.34. The van der Waals surface area contributed by atoms with Crippen LogP contribution in [0.25, 0.3) is 0 Å². The third-order valence-electron chi connectivity index (χ3n) is 4.79. The highest BCUT2D eigenvalue weighted by molar-refractivity contribution is 5.41. The van der Waals surface area contributed by atoms with Gasteiger partial charge in [0.25, 0.3) is 0 Å². The predicted molar refractivity (Wildman–Crippen MR) is 84.4 cm³/mol. The van der Waals surface area contributed by atoms with Gasteiger partial charge >= 0.3 is 0 Å². The second-order valence-electron chi connectivity index (χ2n) is 6.30. The van der Waals surface area contributed by atoms with Crippen LogP contribution in [0.1, 0.15) is 29.2 Å². The Hall–Kier alpha value is -1.80. The lowest BCUT2D eigenvalue weighted by Crippen LogP contribution is -2.30. The fourth-order valence-electron chi connectivity index (χ4n) is 3.77. The van der Waals surface area contributed by atoms with E-state index in [0.717, 1.165) is 18.9 Å². The Morgan fingerprint density at radius 3 is 2.86 bits per heavy atom. The molecule has 2 aliphatic heterocycles. The molecule has 4 rings (SSSR count). The van der Waals surface area contributed by atoms with Crippen molar-refractivity contribution >= 4 is 0 Å². The normalized spacial score (nSPS) is 24.2. The maximum absolute atomic E-state index is 5.96. The minimum absolute atomic E-state index is 0.522. The molecule has 1 fully saturated rings. The fraction of sp³-hybridized carbons (Fsp3) is 0.368. The van der Waals surface area contributed by atoms with E-state index in [1.807, 2.05) is 0 Å². The third-order valence-corrected chi connectivity index (χ3v) is 4.79. The van der Waals surface area contributed by atoms with E-state index in [1.165, 1.54) is 29.7 Å². The van der Waals surface area contributed by atoms with Gasteiger partial charge in [-0.3, -0.25) is 4.90 Å². The topological polar surface area (TPSA) is 12.5 Å². The monoisotopic (exact) mass is 279 g/mol. The fourth-order valence-corrected chi connectivity index (χ4v) is 3.77. The molecule has 2 aromatic rings. The smallest absolute Gasteiger partial charge is 0.124 e. The van der Waals surface area contributed by atoms with Crippen molar-refractivity contribution in [1.82, 2.24) is 4.90 Å². The van der Waals surface area contributed by atoms with E-state index in [2.05, 4.69) is 60.4 Å². The minimum Gasteiger partial charge on any atom is -0.493 e. The molecule has 2 aliphatic rings. The number of benzene rings is 2. The van der Waals surface area contributed by atoms with Crippen LogP contribution in [0, 0.1) is 12.8 Å². The lowest BCUT2D eigenvalue weighted by molar-refractivity contribution is 0.144. The van der Waals surface area contributed by atoms with Gasteiger partial charge in [-0.05, 0) is 31.5 Å². The molecule has 2 heterocycles. The van der Waals surface area contributed by atoms with Crippen LogP contribution >= 0.6 is 0 Å². The van der Waals surface area contributed by atoms with Crippen molar-refractivity contribution in [2.45, 2.75) is 25.9 Å². The van der Waals surface area contributed by atoms with Crippen LogP contribution in [0.15, 0.2) is 48.5 Å². The molecule has 21 heavy (non-hydrogen) atoms. The molecule has 0 saturated carbocycles. The number of aryl methyl sites for hydroxylation is 1. The zero-order valence-electron chi connectivity index (χ0n) is 12.5. The van der Waals surface area contributed by atoms with E-state index in [-0.39, 0.29) is 0 Å². The van der Waals surface area contributed by atoms with Crippen molar-refractivity contribution in [2.75, 3.05) is 13.2 Å². The van der Waals surface area contributed by atoms with Gasteiger partial charge < -0.3 is 4.74 Å². The van der Waals surface area contributed by atoms with Gasteiger partial charge in [-0.15, -0.1) is 0 Å². The molecular formula is C19H21NO. The number of fused-ring (bicyclic) bond motifs is 3. The van der Waals surface area contributed by atoms with Crippen molar-refractivity contribution < 1.29 is 4.74 Å². The summed E-state index contributed by atoms with van der Waals surface area (Å²) >= 11 is 0. The first-order valence-electron chi connectivity index (χ1n) is 7.82. The maximum atomic E-state index is 5.96. The molecule has 0 spiro atoms. The molecule has 0 aliphatic carbocycles. The van der Waals surface area contributed by atoms with Crippen molar-refractivity contribution in [3.8, 4) is 5.75 Å². The predicted octanol–water partition coefficient (Wildman–Crippen LogP) is 3.95. The molecule has 108 valence electrons. The molecule has 0 N–H and O–H groups in total. The Labute approximate surface area is 126 Å². The molecule has 0 unspecified atom stereocenters. The van der Waals surface area contributed by atoms with E-state index >= 15 is 0 Å². The van der Waals surface area contributed by atoms with Crippen LogP contribution < -0.4 is 4.74 Å². The summed E-state index contributed by atoms with van der Waals surface area (Å²) in [5.41, 5.74) is 4.11. The Morgan fingerprint density at radius 1 is 1.14 bits per heavy atom. The van der Waals surface area contributed by atoms with Crippen LogP contribution in [0.4, 0.5) is 0 Å². The van der Waals surface area contributed by atoms with Crippen LogP contribution in [-0.4, -0.2) is 18.1 Å². The highest BCUT2D eigenvalue weighted by atomic mass is 16.5. The number of nitrogens with zero attached hydrogens (tertiary/aromatic N) is 1. The average Bonchev–Trinajstić information content (AvgIpc) is 2.92. The summed E-state index contributed by atoms with van der Waals surface area (Å²) in [7, 11) is 0. The second-order valence-corrected chi connectivity index (χ2v) is 6.30. The molecule has 2 aromatic carbocycles. The Bertz CT molecular complexity index is 637. The first-order valence-corrected chi connectivity index (χ1v) is 7.82. The first kappa shape index (κ1) is 12.9. The van der Waals surface area contributed by atoms with Crippen LogP contribution in [0.2, 0.25) is 0 Å². The zero-order valence-corrected chi connectivity index (χ0v) is 12.5. The van der Waals surface area contributed by atoms with E-state index in [9.17, 15) is 0 Å². The molecule has 0 bridgehead atoms. The highest BCUT2D eigenvalue weighted by Gasteiger charge is 2.39. The van der Waals surface area contributed by atoms with E-state index in [0.29, 0.717) is 12.0 Å². The molecule has 2 heteroatoms. The third kappa shape index (κ3) is 2.34. The first-order chi connectivity index (χ1) is 10.3.